The van der Waals surface area contributed by atoms with Gasteiger partial charge in [0.05, 0.1) is 5.02 Å². The van der Waals surface area contributed by atoms with Crippen LogP contribution in [0, 0.1) is 12.7 Å². The first-order valence-corrected chi connectivity index (χ1v) is 6.21. The van der Waals surface area contributed by atoms with Crippen molar-refractivity contribution >= 4 is 11.6 Å². The number of rotatable bonds is 3. The fraction of sp³-hybridized carbons (Fsp3) is 0.200. The third-order valence-corrected chi connectivity index (χ3v) is 3.40. The predicted octanol–water partition coefficient (Wildman–Crippen LogP) is 4.03. The van der Waals surface area contributed by atoms with E-state index in [0.717, 1.165) is 11.1 Å². The van der Waals surface area contributed by atoms with E-state index < -0.39 is 5.82 Å². The van der Waals surface area contributed by atoms with Gasteiger partial charge in [-0.2, -0.15) is 0 Å². The molecule has 2 rings (SSSR count). The molecule has 0 aromatic heterocycles. The highest BCUT2D eigenvalue weighted by Gasteiger charge is 2.11. The molecule has 2 aromatic rings. The van der Waals surface area contributed by atoms with Crippen LogP contribution in [0.25, 0.3) is 0 Å². The average molecular weight is 264 g/mol. The molecule has 0 aliphatic heterocycles. The molecule has 1 nitrogen and oxygen atoms in total. The Morgan fingerprint density at radius 2 is 1.83 bits per heavy atom. The van der Waals surface area contributed by atoms with E-state index in [1.54, 1.807) is 12.1 Å². The molecule has 18 heavy (non-hydrogen) atoms. The van der Waals surface area contributed by atoms with Crippen molar-refractivity contribution in [1.29, 1.82) is 0 Å². The minimum absolute atomic E-state index is 0.167. The lowest BCUT2D eigenvalue weighted by atomic mass is 9.99. The highest BCUT2D eigenvalue weighted by Crippen LogP contribution is 2.24. The number of hydrogen-bond acceptors (Lipinski definition) is 1. The second-order valence-electron chi connectivity index (χ2n) is 4.43. The summed E-state index contributed by atoms with van der Waals surface area (Å²) in [6.45, 7) is 2.03. The van der Waals surface area contributed by atoms with Crippen molar-refractivity contribution in [1.82, 2.24) is 0 Å². The van der Waals surface area contributed by atoms with Gasteiger partial charge in [0.25, 0.3) is 0 Å². The second-order valence-corrected chi connectivity index (χ2v) is 4.81. The number of benzene rings is 2. The lowest BCUT2D eigenvalue weighted by molar-refractivity contribution is 0.622. The van der Waals surface area contributed by atoms with Crippen molar-refractivity contribution in [2.24, 2.45) is 5.73 Å². The summed E-state index contributed by atoms with van der Waals surface area (Å²) in [6.07, 6.45) is 0.527. The zero-order valence-corrected chi connectivity index (χ0v) is 10.9. The molecule has 3 heteroatoms. The maximum Gasteiger partial charge on any atom is 0.142 e. The summed E-state index contributed by atoms with van der Waals surface area (Å²) in [7, 11) is 0. The summed E-state index contributed by atoms with van der Waals surface area (Å²) in [5.74, 6) is -0.398. The van der Waals surface area contributed by atoms with Gasteiger partial charge in [-0.25, -0.2) is 4.39 Å². The normalized spacial score (nSPS) is 12.4. The molecule has 0 fully saturated rings. The van der Waals surface area contributed by atoms with E-state index in [9.17, 15) is 4.39 Å². The van der Waals surface area contributed by atoms with Crippen LogP contribution in [0.3, 0.4) is 0 Å². The SMILES string of the molecule is Cc1ccc(C(N)Cc2cccc(F)c2Cl)cc1. The molecule has 1 atom stereocenters. The lowest BCUT2D eigenvalue weighted by Gasteiger charge is -2.13. The zero-order chi connectivity index (χ0) is 13.1. The van der Waals surface area contributed by atoms with Gasteiger partial charge in [-0.3, -0.25) is 0 Å². The van der Waals surface area contributed by atoms with E-state index in [-0.39, 0.29) is 11.1 Å². The standard InChI is InChI=1S/C15H15ClFN/c1-10-5-7-11(8-6-10)14(18)9-12-3-2-4-13(17)15(12)16/h2-8,14H,9,18H2,1H3. The van der Waals surface area contributed by atoms with E-state index in [4.69, 9.17) is 17.3 Å². The maximum atomic E-state index is 13.3. The van der Waals surface area contributed by atoms with Crippen LogP contribution in [-0.4, -0.2) is 0 Å². The molecule has 2 aromatic carbocycles. The molecule has 2 N–H and O–H groups in total. The van der Waals surface area contributed by atoms with Crippen molar-refractivity contribution in [2.45, 2.75) is 19.4 Å². The minimum Gasteiger partial charge on any atom is -0.324 e. The fourth-order valence-corrected chi connectivity index (χ4v) is 2.08. The highest BCUT2D eigenvalue weighted by molar-refractivity contribution is 6.31. The number of hydrogen-bond donors (Lipinski definition) is 1. The van der Waals surface area contributed by atoms with E-state index in [2.05, 4.69) is 0 Å². The number of halogens is 2. The first kappa shape index (κ1) is 13.1. The topological polar surface area (TPSA) is 26.0 Å². The van der Waals surface area contributed by atoms with Gasteiger partial charge in [-0.15, -0.1) is 0 Å². The van der Waals surface area contributed by atoms with Gasteiger partial charge in [-0.05, 0) is 30.5 Å². The van der Waals surface area contributed by atoms with Crippen molar-refractivity contribution in [3.8, 4) is 0 Å². The van der Waals surface area contributed by atoms with Crippen LogP contribution in [0.15, 0.2) is 42.5 Å². The van der Waals surface area contributed by atoms with Gasteiger partial charge >= 0.3 is 0 Å². The summed E-state index contributed by atoms with van der Waals surface area (Å²) in [5, 5.41) is 0.167. The van der Waals surface area contributed by atoms with Gasteiger partial charge < -0.3 is 5.73 Å². The summed E-state index contributed by atoms with van der Waals surface area (Å²) < 4.78 is 13.3. The van der Waals surface area contributed by atoms with Crippen LogP contribution in [0.5, 0.6) is 0 Å². The number of aryl methyl sites for hydroxylation is 1. The predicted molar refractivity (Wildman–Crippen MR) is 73.2 cm³/mol. The maximum absolute atomic E-state index is 13.3. The molecule has 0 heterocycles. The molecule has 0 bridgehead atoms. The second kappa shape index (κ2) is 5.51. The van der Waals surface area contributed by atoms with Crippen LogP contribution >= 0.6 is 11.6 Å². The van der Waals surface area contributed by atoms with Crippen molar-refractivity contribution in [3.63, 3.8) is 0 Å². The Morgan fingerprint density at radius 1 is 1.17 bits per heavy atom. The lowest BCUT2D eigenvalue weighted by Crippen LogP contribution is -2.13. The summed E-state index contributed by atoms with van der Waals surface area (Å²) in [6, 6.07) is 12.6. The van der Waals surface area contributed by atoms with E-state index >= 15 is 0 Å². The molecule has 94 valence electrons. The Hall–Kier alpha value is -1.38. The molecule has 0 amide bonds. The quantitative estimate of drug-likeness (QED) is 0.889. The third-order valence-electron chi connectivity index (χ3n) is 2.98. The van der Waals surface area contributed by atoms with Crippen LogP contribution in [-0.2, 0) is 6.42 Å². The van der Waals surface area contributed by atoms with Crippen LogP contribution in [0.4, 0.5) is 4.39 Å². The molecule has 1 unspecified atom stereocenters. The summed E-state index contributed by atoms with van der Waals surface area (Å²) in [5.41, 5.74) is 9.07. The molecular formula is C15H15ClFN. The first-order chi connectivity index (χ1) is 8.58. The molecule has 0 radical (unpaired) electrons. The molecule has 0 aliphatic carbocycles. The molecule has 0 saturated heterocycles. The smallest absolute Gasteiger partial charge is 0.142 e. The van der Waals surface area contributed by atoms with Crippen LogP contribution in [0.2, 0.25) is 5.02 Å². The molecular weight excluding hydrogens is 249 g/mol. The number of nitrogens with two attached hydrogens (primary N) is 1. The van der Waals surface area contributed by atoms with E-state index in [1.807, 2.05) is 31.2 Å². The van der Waals surface area contributed by atoms with Gasteiger partial charge in [0.2, 0.25) is 0 Å². The van der Waals surface area contributed by atoms with Gasteiger partial charge in [0.1, 0.15) is 5.82 Å². The average Bonchev–Trinajstić information content (AvgIpc) is 2.36. The summed E-state index contributed by atoms with van der Waals surface area (Å²) >= 11 is 5.92. The Balaban J connectivity index is 2.18. The van der Waals surface area contributed by atoms with Crippen LogP contribution in [0.1, 0.15) is 22.7 Å². The zero-order valence-electron chi connectivity index (χ0n) is 10.2. The van der Waals surface area contributed by atoms with E-state index in [0.29, 0.717) is 6.42 Å². The van der Waals surface area contributed by atoms with Crippen molar-refractivity contribution in [2.75, 3.05) is 0 Å². The van der Waals surface area contributed by atoms with Gasteiger partial charge in [-0.1, -0.05) is 53.6 Å². The molecule has 0 aliphatic rings. The minimum atomic E-state index is -0.398. The summed E-state index contributed by atoms with van der Waals surface area (Å²) in [4.78, 5) is 0. The molecule has 0 saturated carbocycles. The Bertz CT molecular complexity index is 537. The molecule has 0 spiro atoms. The Kier molecular flexibility index (Phi) is 4.00. The highest BCUT2D eigenvalue weighted by atomic mass is 35.5. The van der Waals surface area contributed by atoms with Gasteiger partial charge in [0.15, 0.2) is 0 Å². The third kappa shape index (κ3) is 2.89. The Labute approximate surface area is 111 Å². The van der Waals surface area contributed by atoms with Crippen molar-refractivity contribution in [3.05, 3.63) is 70.0 Å². The van der Waals surface area contributed by atoms with Crippen LogP contribution < -0.4 is 5.73 Å². The largest absolute Gasteiger partial charge is 0.324 e. The van der Waals surface area contributed by atoms with Gasteiger partial charge in [0, 0.05) is 6.04 Å². The van der Waals surface area contributed by atoms with Crippen molar-refractivity contribution < 1.29 is 4.39 Å². The monoisotopic (exact) mass is 263 g/mol. The Morgan fingerprint density at radius 3 is 2.50 bits per heavy atom. The fourth-order valence-electron chi connectivity index (χ4n) is 1.87. The van der Waals surface area contributed by atoms with E-state index in [1.165, 1.54) is 11.6 Å². The first-order valence-electron chi connectivity index (χ1n) is 5.83.